The Hall–Kier alpha value is 1.19. The summed E-state index contributed by atoms with van der Waals surface area (Å²) in [6.07, 6.45) is 2.32. The highest BCUT2D eigenvalue weighted by atomic mass is 32.7. The molecule has 0 aromatic carbocycles. The first-order valence-electron chi connectivity index (χ1n) is 3.06. The van der Waals surface area contributed by atoms with E-state index in [1.165, 1.54) is 0 Å². The van der Waals surface area contributed by atoms with Gasteiger partial charge in [0.05, 0.1) is 0 Å². The van der Waals surface area contributed by atoms with Gasteiger partial charge < -0.3 is 14.7 Å². The Balaban J connectivity index is 4.66. The van der Waals surface area contributed by atoms with Crippen LogP contribution >= 0.6 is 44.2 Å². The van der Waals surface area contributed by atoms with Gasteiger partial charge in [0.15, 0.2) is 0 Å². The Morgan fingerprint density at radius 2 is 1.13 bits per heavy atom. The Labute approximate surface area is 93.9 Å². The van der Waals surface area contributed by atoms with E-state index in [0.717, 1.165) is 12.5 Å². The van der Waals surface area contributed by atoms with Crippen molar-refractivity contribution >= 4 is 44.2 Å². The second-order valence-electron chi connectivity index (χ2n) is 1.93. The van der Waals surface area contributed by atoms with Gasteiger partial charge in [-0.1, -0.05) is 0 Å². The molecule has 2 unspecified atom stereocenters. The maximum Gasteiger partial charge on any atom is 0.487 e. The molecule has 13 heteroatoms. The molecule has 0 aromatic rings. The van der Waals surface area contributed by atoms with Crippen molar-refractivity contribution in [1.82, 2.24) is 0 Å². The Morgan fingerprint density at radius 3 is 1.33 bits per heavy atom. The molecule has 0 radical (unpaired) electrons. The van der Waals surface area contributed by atoms with Crippen molar-refractivity contribution in [1.29, 1.82) is 0 Å². The molecule has 0 aromatic heterocycles. The van der Waals surface area contributed by atoms with Crippen LogP contribution in [0.2, 0.25) is 0 Å². The van der Waals surface area contributed by atoms with E-state index in [1.54, 1.807) is 0 Å². The molecular weight excluding hydrogens is 309 g/mol. The number of phosphoric acid groups is 1. The average molecular weight is 318 g/mol. The Kier molecular flexibility index (Phi) is 6.14. The van der Waals surface area contributed by atoms with Gasteiger partial charge in [-0.3, -0.25) is 0 Å². The molecule has 0 fully saturated rings. The van der Waals surface area contributed by atoms with Crippen LogP contribution < -0.4 is 0 Å². The number of hydrogen-bond acceptors (Lipinski definition) is 7. The molecule has 8 nitrogen and oxygen atoms in total. The minimum Gasteiger partial charge on any atom is -0.316 e. The van der Waals surface area contributed by atoms with E-state index in [4.69, 9.17) is 14.7 Å². The number of hydrogen-bond donors (Lipinski definition) is 3. The zero-order chi connectivity index (χ0) is 12.3. The molecule has 0 aliphatic heterocycles. The maximum atomic E-state index is 11.0. The van der Waals surface area contributed by atoms with Crippen LogP contribution in [0.15, 0.2) is 0 Å². The van der Waals surface area contributed by atoms with Crippen LogP contribution in [0.1, 0.15) is 0 Å². The molecule has 0 aliphatic carbocycles. The van der Waals surface area contributed by atoms with Crippen LogP contribution in [-0.4, -0.2) is 27.2 Å². The van der Waals surface area contributed by atoms with Gasteiger partial charge in [0.1, 0.15) is 0 Å². The maximum absolute atomic E-state index is 11.0. The van der Waals surface area contributed by atoms with Gasteiger partial charge in [-0.2, -0.15) is 8.62 Å². The van der Waals surface area contributed by atoms with E-state index in [1.807, 2.05) is 0 Å². The molecule has 0 aliphatic rings. The molecule has 0 rings (SSSR count). The highest BCUT2D eigenvalue weighted by Crippen LogP contribution is 2.73. The molecule has 0 saturated carbocycles. The SMILES string of the molecule is CSP(=O)(O)OP(=O)(O)OP(=O)(O)SC. The topological polar surface area (TPSA) is 130 Å². The second-order valence-corrected chi connectivity index (χ2v) is 11.7. The summed E-state index contributed by atoms with van der Waals surface area (Å²) in [5, 5.41) is 0. The van der Waals surface area contributed by atoms with Crippen molar-refractivity contribution in [3.05, 3.63) is 0 Å². The van der Waals surface area contributed by atoms with Crippen LogP contribution in [0.25, 0.3) is 0 Å². The smallest absolute Gasteiger partial charge is 0.316 e. The number of rotatable bonds is 6. The van der Waals surface area contributed by atoms with Gasteiger partial charge in [-0.15, -0.1) is 0 Å². The summed E-state index contributed by atoms with van der Waals surface area (Å²) in [5.41, 5.74) is 0. The fourth-order valence-corrected chi connectivity index (χ4v) is 6.07. The molecule has 0 amide bonds. The summed E-state index contributed by atoms with van der Waals surface area (Å²) in [6, 6.07) is 0. The van der Waals surface area contributed by atoms with Crippen LogP contribution in [0.5, 0.6) is 0 Å². The quantitative estimate of drug-likeness (QED) is 0.625. The third kappa shape index (κ3) is 7.18. The normalized spacial score (nSPS) is 23.8. The molecule has 2 atom stereocenters. The van der Waals surface area contributed by atoms with E-state index < -0.39 is 21.4 Å². The second kappa shape index (κ2) is 5.69. The van der Waals surface area contributed by atoms with E-state index >= 15 is 0 Å². The Bertz CT molecular complexity index is 324. The summed E-state index contributed by atoms with van der Waals surface area (Å²) in [5.74, 6) is 0. The first kappa shape index (κ1) is 16.2. The monoisotopic (exact) mass is 318 g/mol. The summed E-state index contributed by atoms with van der Waals surface area (Å²) in [4.78, 5) is 26.5. The van der Waals surface area contributed by atoms with Gasteiger partial charge in [0.25, 0.3) is 0 Å². The lowest BCUT2D eigenvalue weighted by atomic mass is 12.0. The highest BCUT2D eigenvalue weighted by molar-refractivity contribution is 8.55. The summed E-state index contributed by atoms with van der Waals surface area (Å²) >= 11 is 0.572. The molecule has 0 bridgehead atoms. The van der Waals surface area contributed by atoms with Crippen molar-refractivity contribution in [2.75, 3.05) is 12.5 Å². The van der Waals surface area contributed by atoms with Gasteiger partial charge in [0.2, 0.25) is 0 Å². The molecule has 92 valence electrons. The lowest BCUT2D eigenvalue weighted by Gasteiger charge is -2.16. The van der Waals surface area contributed by atoms with Crippen LogP contribution in [0.4, 0.5) is 0 Å². The van der Waals surface area contributed by atoms with Gasteiger partial charge >= 0.3 is 21.4 Å². The van der Waals surface area contributed by atoms with Crippen molar-refractivity contribution < 1.29 is 37.0 Å². The lowest BCUT2D eigenvalue weighted by Crippen LogP contribution is -1.89. The van der Waals surface area contributed by atoms with E-state index in [-0.39, 0.29) is 22.8 Å². The van der Waals surface area contributed by atoms with Gasteiger partial charge in [-0.05, 0) is 35.3 Å². The highest BCUT2D eigenvalue weighted by Gasteiger charge is 2.39. The minimum atomic E-state index is -5.04. The van der Waals surface area contributed by atoms with Gasteiger partial charge in [-0.25, -0.2) is 13.7 Å². The lowest BCUT2D eigenvalue weighted by molar-refractivity contribution is 0.267. The first-order valence-corrected chi connectivity index (χ1v) is 11.4. The molecule has 3 N–H and O–H groups in total. The van der Waals surface area contributed by atoms with Crippen molar-refractivity contribution in [2.45, 2.75) is 0 Å². The summed E-state index contributed by atoms with van der Waals surface area (Å²) in [7, 11) is -5.04. The van der Waals surface area contributed by atoms with Crippen molar-refractivity contribution in [3.8, 4) is 0 Å². The predicted molar refractivity (Wildman–Crippen MR) is 58.7 cm³/mol. The predicted octanol–water partition coefficient (Wildman–Crippen LogP) is 2.05. The molecule has 0 spiro atoms. The van der Waals surface area contributed by atoms with E-state index in [0.29, 0.717) is 0 Å². The fraction of sp³-hybridized carbons (Fsp3) is 1.00. The van der Waals surface area contributed by atoms with Crippen LogP contribution in [0, 0.1) is 0 Å². The standard InChI is InChI=1S/C2H9O8P3S2/c1-14-12(5,6)9-11(3,4)10-13(7,8)15-2/h1-2H3,(H,3,4)(H,5,6)(H,7,8). The zero-order valence-electron chi connectivity index (χ0n) is 7.54. The van der Waals surface area contributed by atoms with Crippen molar-refractivity contribution in [2.24, 2.45) is 0 Å². The van der Waals surface area contributed by atoms with Gasteiger partial charge in [0, 0.05) is 0 Å². The molecule has 0 heterocycles. The van der Waals surface area contributed by atoms with E-state index in [9.17, 15) is 13.7 Å². The van der Waals surface area contributed by atoms with Crippen LogP contribution in [0.3, 0.4) is 0 Å². The zero-order valence-corrected chi connectivity index (χ0v) is 11.9. The van der Waals surface area contributed by atoms with Crippen LogP contribution in [-0.2, 0) is 22.3 Å². The molecular formula is C2H9O8P3S2. The first-order chi connectivity index (χ1) is 6.54. The third-order valence-electron chi connectivity index (χ3n) is 0.874. The third-order valence-corrected chi connectivity index (χ3v) is 9.07. The molecule has 0 saturated heterocycles. The minimum absolute atomic E-state index is 0.286. The molecule has 15 heavy (non-hydrogen) atoms. The average Bonchev–Trinajstić information content (AvgIpc) is 2.00. The fourth-order valence-electron chi connectivity index (χ4n) is 0.342. The van der Waals surface area contributed by atoms with E-state index in [2.05, 4.69) is 8.62 Å². The van der Waals surface area contributed by atoms with Crippen molar-refractivity contribution in [3.63, 3.8) is 0 Å². The largest absolute Gasteiger partial charge is 0.487 e. The Morgan fingerprint density at radius 1 is 0.867 bits per heavy atom. The summed E-state index contributed by atoms with van der Waals surface area (Å²) in [6.45, 7) is -8.71. The summed E-state index contributed by atoms with van der Waals surface area (Å²) < 4.78 is 40.4.